The molecular weight excluding hydrogens is 321 g/mol. The lowest BCUT2D eigenvalue weighted by molar-refractivity contribution is -0.137. The van der Waals surface area contributed by atoms with Crippen LogP contribution in [0.3, 0.4) is 0 Å². The molecule has 1 rings (SSSR count). The van der Waals surface area contributed by atoms with E-state index in [2.05, 4.69) is 0 Å². The van der Waals surface area contributed by atoms with Gasteiger partial charge in [-0.05, 0) is 24.6 Å². The Labute approximate surface area is 125 Å². The molecule has 5 nitrogen and oxygen atoms in total. The zero-order valence-electron chi connectivity index (χ0n) is 11.7. The number of sulfonamides is 1. The minimum atomic E-state index is -4.88. The fourth-order valence-corrected chi connectivity index (χ4v) is 2.60. The largest absolute Gasteiger partial charge is 0.417 e. The van der Waals surface area contributed by atoms with Crippen molar-refractivity contribution in [2.24, 2.45) is 5.92 Å². The van der Waals surface area contributed by atoms with Gasteiger partial charge >= 0.3 is 6.18 Å². The van der Waals surface area contributed by atoms with Gasteiger partial charge in [0.25, 0.3) is 10.0 Å². The third-order valence-corrected chi connectivity index (χ3v) is 4.37. The molecule has 0 saturated heterocycles. The summed E-state index contributed by atoms with van der Waals surface area (Å²) in [4.78, 5) is 10.9. The van der Waals surface area contributed by atoms with Gasteiger partial charge in [0.2, 0.25) is 5.91 Å². The van der Waals surface area contributed by atoms with Crippen molar-refractivity contribution in [3.05, 3.63) is 29.3 Å². The van der Waals surface area contributed by atoms with Crippen molar-refractivity contribution in [1.29, 1.82) is 5.26 Å². The van der Waals surface area contributed by atoms with E-state index in [-0.39, 0.29) is 0 Å². The van der Waals surface area contributed by atoms with Crippen LogP contribution in [-0.2, 0) is 21.0 Å². The number of nitrogens with zero attached hydrogens (tertiary/aromatic N) is 1. The van der Waals surface area contributed by atoms with Gasteiger partial charge in [-0.25, -0.2) is 13.1 Å². The van der Waals surface area contributed by atoms with Gasteiger partial charge < -0.3 is 0 Å². The van der Waals surface area contributed by atoms with Gasteiger partial charge in [0, 0.05) is 5.92 Å². The molecule has 22 heavy (non-hydrogen) atoms. The van der Waals surface area contributed by atoms with Crippen LogP contribution in [0.15, 0.2) is 23.1 Å². The van der Waals surface area contributed by atoms with Gasteiger partial charge in [-0.15, -0.1) is 0 Å². The highest BCUT2D eigenvalue weighted by atomic mass is 32.2. The van der Waals surface area contributed by atoms with E-state index in [1.165, 1.54) is 13.0 Å². The van der Waals surface area contributed by atoms with Crippen LogP contribution in [0.1, 0.15) is 31.4 Å². The molecule has 9 heteroatoms. The first kappa shape index (κ1) is 18.0. The van der Waals surface area contributed by atoms with Crippen LogP contribution in [0.2, 0.25) is 0 Å². The molecule has 0 aliphatic rings. The van der Waals surface area contributed by atoms with E-state index in [1.54, 1.807) is 11.6 Å². The maximum atomic E-state index is 12.8. The van der Waals surface area contributed by atoms with E-state index >= 15 is 0 Å². The number of nitrogens with one attached hydrogen (secondary N) is 1. The van der Waals surface area contributed by atoms with E-state index in [1.807, 2.05) is 0 Å². The number of benzene rings is 1. The molecule has 1 atom stereocenters. The molecule has 0 saturated carbocycles. The second-order valence-electron chi connectivity index (χ2n) is 4.60. The van der Waals surface area contributed by atoms with Crippen LogP contribution in [0.25, 0.3) is 0 Å². The minimum Gasteiger partial charge on any atom is -0.274 e. The molecular formula is C13H13F3N2O3S. The van der Waals surface area contributed by atoms with E-state index in [9.17, 15) is 26.4 Å². The third-order valence-electron chi connectivity index (χ3n) is 3.02. The molecule has 0 radical (unpaired) electrons. The molecule has 0 aromatic heterocycles. The van der Waals surface area contributed by atoms with Crippen molar-refractivity contribution in [1.82, 2.24) is 4.72 Å². The summed E-state index contributed by atoms with van der Waals surface area (Å²) in [5, 5.41) is 8.66. The second-order valence-corrected chi connectivity index (χ2v) is 6.28. The number of amides is 1. The normalized spacial score (nSPS) is 13.3. The summed E-state index contributed by atoms with van der Waals surface area (Å²) in [5.74, 6) is -1.41. The average Bonchev–Trinajstić information content (AvgIpc) is 2.44. The number of nitriles is 1. The summed E-state index contributed by atoms with van der Waals surface area (Å²) < 4.78 is 64.1. The quantitative estimate of drug-likeness (QED) is 0.916. The average molecular weight is 334 g/mol. The number of alkyl halides is 3. The van der Waals surface area contributed by atoms with Crippen LogP contribution < -0.4 is 4.72 Å². The third kappa shape index (κ3) is 3.98. The Kier molecular flexibility index (Phi) is 5.19. The van der Waals surface area contributed by atoms with Gasteiger partial charge in [0.05, 0.1) is 22.1 Å². The molecule has 0 spiro atoms. The van der Waals surface area contributed by atoms with Gasteiger partial charge in [-0.1, -0.05) is 13.8 Å². The first-order chi connectivity index (χ1) is 10.0. The summed E-state index contributed by atoms with van der Waals surface area (Å²) in [7, 11) is -4.43. The summed E-state index contributed by atoms with van der Waals surface area (Å²) in [6, 6.07) is 3.29. The van der Waals surface area contributed by atoms with Gasteiger partial charge in [0.1, 0.15) is 0 Å². The highest BCUT2D eigenvalue weighted by Crippen LogP contribution is 2.33. The first-order valence-corrected chi connectivity index (χ1v) is 7.69. The van der Waals surface area contributed by atoms with Gasteiger partial charge in [-0.2, -0.15) is 18.4 Å². The van der Waals surface area contributed by atoms with Crippen molar-refractivity contribution in [3.8, 4) is 6.07 Å². The SMILES string of the molecule is CC[C@@H](C)C(=O)NS(=O)(=O)c1ccc(C#N)c(C(F)(F)F)c1. The summed E-state index contributed by atoms with van der Waals surface area (Å²) >= 11 is 0. The zero-order valence-corrected chi connectivity index (χ0v) is 12.5. The van der Waals surface area contributed by atoms with Crippen molar-refractivity contribution in [2.45, 2.75) is 31.3 Å². The molecule has 0 aliphatic carbocycles. The Bertz CT molecular complexity index is 721. The number of rotatable bonds is 4. The minimum absolute atomic E-state index is 0.338. The van der Waals surface area contributed by atoms with Crippen molar-refractivity contribution < 1.29 is 26.4 Å². The number of carbonyl (C=O) groups excluding carboxylic acids is 1. The Balaban J connectivity index is 3.28. The number of carbonyl (C=O) groups is 1. The summed E-state index contributed by atoms with van der Waals surface area (Å²) in [5.41, 5.74) is -2.06. The predicted molar refractivity (Wildman–Crippen MR) is 70.9 cm³/mol. The lowest BCUT2D eigenvalue weighted by Gasteiger charge is -2.13. The van der Waals surface area contributed by atoms with Crippen LogP contribution in [0, 0.1) is 17.2 Å². The highest BCUT2D eigenvalue weighted by Gasteiger charge is 2.35. The molecule has 0 fully saturated rings. The van der Waals surface area contributed by atoms with Gasteiger partial charge in [0.15, 0.2) is 0 Å². The van der Waals surface area contributed by atoms with Crippen LogP contribution in [0.5, 0.6) is 0 Å². The number of halogens is 3. The zero-order chi connectivity index (χ0) is 17.1. The fourth-order valence-electron chi connectivity index (χ4n) is 1.50. The maximum absolute atomic E-state index is 12.8. The van der Waals surface area contributed by atoms with Crippen LogP contribution in [0.4, 0.5) is 13.2 Å². The molecule has 1 aromatic rings. The van der Waals surface area contributed by atoms with E-state index < -0.39 is 44.0 Å². The Morgan fingerprint density at radius 2 is 2.00 bits per heavy atom. The smallest absolute Gasteiger partial charge is 0.274 e. The van der Waals surface area contributed by atoms with E-state index in [4.69, 9.17) is 5.26 Å². The Morgan fingerprint density at radius 3 is 2.45 bits per heavy atom. The van der Waals surface area contributed by atoms with Crippen LogP contribution in [-0.4, -0.2) is 14.3 Å². The molecule has 120 valence electrons. The Morgan fingerprint density at radius 1 is 1.41 bits per heavy atom. The monoisotopic (exact) mass is 334 g/mol. The van der Waals surface area contributed by atoms with Crippen LogP contribution >= 0.6 is 0 Å². The molecule has 1 N–H and O–H groups in total. The number of hydrogen-bond acceptors (Lipinski definition) is 4. The maximum Gasteiger partial charge on any atom is 0.417 e. The van der Waals surface area contributed by atoms with Gasteiger partial charge in [-0.3, -0.25) is 4.79 Å². The molecule has 1 amide bonds. The number of hydrogen-bond donors (Lipinski definition) is 1. The molecule has 0 bridgehead atoms. The first-order valence-electron chi connectivity index (χ1n) is 6.21. The summed E-state index contributed by atoms with van der Waals surface area (Å²) in [6.45, 7) is 3.16. The van der Waals surface area contributed by atoms with Crippen molar-refractivity contribution >= 4 is 15.9 Å². The predicted octanol–water partition coefficient (Wildman–Crippen LogP) is 2.43. The standard InChI is InChI=1S/C13H13F3N2O3S/c1-3-8(2)12(19)18-22(20,21)10-5-4-9(7-17)11(6-10)13(14,15)16/h4-6,8H,3H2,1-2H3,(H,18,19)/t8-/m1/s1. The second kappa shape index (κ2) is 6.36. The molecule has 0 unspecified atom stereocenters. The topological polar surface area (TPSA) is 87.0 Å². The fraction of sp³-hybridized carbons (Fsp3) is 0.385. The molecule has 1 aromatic carbocycles. The lowest BCUT2D eigenvalue weighted by atomic mass is 10.1. The Hall–Kier alpha value is -2.08. The molecule has 0 heterocycles. The molecule has 0 aliphatic heterocycles. The van der Waals surface area contributed by atoms with E-state index in [0.717, 1.165) is 12.1 Å². The highest BCUT2D eigenvalue weighted by molar-refractivity contribution is 7.90. The van der Waals surface area contributed by atoms with Crippen molar-refractivity contribution in [3.63, 3.8) is 0 Å². The summed E-state index contributed by atoms with van der Waals surface area (Å²) in [6.07, 6.45) is -4.50. The van der Waals surface area contributed by atoms with E-state index in [0.29, 0.717) is 12.5 Å². The lowest BCUT2D eigenvalue weighted by Crippen LogP contribution is -2.34. The van der Waals surface area contributed by atoms with Crippen molar-refractivity contribution in [2.75, 3.05) is 0 Å².